The van der Waals surface area contributed by atoms with Gasteiger partial charge in [-0.05, 0) is 0 Å². The minimum Gasteiger partial charge on any atom is -0.378 e. The Morgan fingerprint density at radius 1 is 1.47 bits per heavy atom. The van der Waals surface area contributed by atoms with Gasteiger partial charge in [-0.2, -0.15) is 0 Å². The van der Waals surface area contributed by atoms with E-state index in [1.165, 1.54) is 24.0 Å². The van der Waals surface area contributed by atoms with Crippen LogP contribution in [-0.2, 0) is 9.53 Å². The molecule has 1 atom stereocenters. The van der Waals surface area contributed by atoms with Gasteiger partial charge in [0.2, 0.25) is 5.91 Å². The van der Waals surface area contributed by atoms with E-state index in [0.29, 0.717) is 37.9 Å². The molecule has 3 heterocycles. The third-order valence-corrected chi connectivity index (χ3v) is 4.50. The van der Waals surface area contributed by atoms with Crippen LogP contribution < -0.4 is 5.56 Å². The van der Waals surface area contributed by atoms with E-state index >= 15 is 0 Å². The van der Waals surface area contributed by atoms with E-state index < -0.39 is 0 Å². The number of carbonyl (C=O) groups is 1. The molecule has 0 saturated carbocycles. The Kier molecular flexibility index (Phi) is 3.56. The van der Waals surface area contributed by atoms with Crippen molar-refractivity contribution in [3.8, 4) is 0 Å². The largest absolute Gasteiger partial charge is 0.378 e. The van der Waals surface area contributed by atoms with Gasteiger partial charge in [-0.25, -0.2) is 4.98 Å². The van der Waals surface area contributed by atoms with Crippen LogP contribution in [0.2, 0.25) is 0 Å². The number of morpholine rings is 1. The van der Waals surface area contributed by atoms with Gasteiger partial charge < -0.3 is 9.64 Å². The van der Waals surface area contributed by atoms with Crippen LogP contribution in [0.4, 0.5) is 0 Å². The van der Waals surface area contributed by atoms with Crippen molar-refractivity contribution in [1.82, 2.24) is 14.5 Å². The zero-order valence-corrected chi connectivity index (χ0v) is 11.3. The van der Waals surface area contributed by atoms with Crippen LogP contribution in [0.1, 0.15) is 12.5 Å². The smallest absolute Gasteiger partial charge is 0.254 e. The molecule has 7 heteroatoms. The molecule has 0 aliphatic carbocycles. The molecule has 6 nitrogen and oxygen atoms in total. The van der Waals surface area contributed by atoms with Gasteiger partial charge in [0.15, 0.2) is 5.16 Å². The van der Waals surface area contributed by atoms with Gasteiger partial charge in [0, 0.05) is 37.5 Å². The van der Waals surface area contributed by atoms with E-state index in [1.54, 1.807) is 4.57 Å². The highest BCUT2D eigenvalue weighted by atomic mass is 32.2. The summed E-state index contributed by atoms with van der Waals surface area (Å²) in [6.07, 6.45) is 1.89. The van der Waals surface area contributed by atoms with Gasteiger partial charge in [-0.3, -0.25) is 14.2 Å². The topological polar surface area (TPSA) is 64.4 Å². The fourth-order valence-corrected chi connectivity index (χ4v) is 3.51. The monoisotopic (exact) mass is 281 g/mol. The summed E-state index contributed by atoms with van der Waals surface area (Å²) < 4.78 is 6.87. The maximum Gasteiger partial charge on any atom is 0.254 e. The number of nitrogens with zero attached hydrogens (tertiary/aromatic N) is 3. The minimum atomic E-state index is -0.0743. The van der Waals surface area contributed by atoms with Crippen molar-refractivity contribution < 1.29 is 9.53 Å². The lowest BCUT2D eigenvalue weighted by Crippen LogP contribution is -2.42. The molecule has 1 fully saturated rings. The average Bonchev–Trinajstić information content (AvgIpc) is 2.84. The molecule has 1 aromatic heterocycles. The first kappa shape index (κ1) is 12.7. The highest BCUT2D eigenvalue weighted by molar-refractivity contribution is 7.99. The summed E-state index contributed by atoms with van der Waals surface area (Å²) in [5.41, 5.74) is -0.0743. The maximum absolute atomic E-state index is 12.2. The molecule has 0 spiro atoms. The number of rotatable bonds is 2. The van der Waals surface area contributed by atoms with Crippen molar-refractivity contribution in [1.29, 1.82) is 0 Å². The summed E-state index contributed by atoms with van der Waals surface area (Å²) in [6.45, 7) is 2.49. The second kappa shape index (κ2) is 5.34. The Hall–Kier alpha value is -1.34. The Labute approximate surface area is 114 Å². The predicted molar refractivity (Wildman–Crippen MR) is 70.3 cm³/mol. The highest BCUT2D eigenvalue weighted by Gasteiger charge is 2.28. The normalized spacial score (nSPS) is 22.3. The van der Waals surface area contributed by atoms with E-state index in [1.807, 2.05) is 4.90 Å². The maximum atomic E-state index is 12.2. The standard InChI is InChI=1S/C12H15N3O3S/c16-10-1-2-13-12-15(10)9(8-19-12)7-11(17)14-3-5-18-6-4-14/h1-2,9H,3-8H2/t9-/m0/s1. The molecule has 0 N–H and O–H groups in total. The summed E-state index contributed by atoms with van der Waals surface area (Å²) in [5.74, 6) is 0.833. The number of ether oxygens (including phenoxy) is 1. The third-order valence-electron chi connectivity index (χ3n) is 3.39. The summed E-state index contributed by atoms with van der Waals surface area (Å²) in [6, 6.07) is 1.37. The van der Waals surface area contributed by atoms with Gasteiger partial charge in [0.05, 0.1) is 19.3 Å². The number of carbonyl (C=O) groups excluding carboxylic acids is 1. The molecule has 3 rings (SSSR count). The number of fused-ring (bicyclic) bond motifs is 1. The summed E-state index contributed by atoms with van der Waals surface area (Å²) in [5, 5.41) is 0.715. The van der Waals surface area contributed by atoms with Gasteiger partial charge in [-0.1, -0.05) is 11.8 Å². The molecular weight excluding hydrogens is 266 g/mol. The molecule has 1 saturated heterocycles. The molecule has 0 bridgehead atoms. The second-order valence-corrected chi connectivity index (χ2v) is 5.58. The van der Waals surface area contributed by atoms with E-state index in [-0.39, 0.29) is 17.5 Å². The van der Waals surface area contributed by atoms with Crippen molar-refractivity contribution in [2.75, 3.05) is 32.1 Å². The molecule has 0 radical (unpaired) electrons. The Morgan fingerprint density at radius 2 is 2.26 bits per heavy atom. The molecule has 0 aromatic carbocycles. The Balaban J connectivity index is 1.72. The first-order valence-electron chi connectivity index (χ1n) is 6.31. The molecular formula is C12H15N3O3S. The number of aromatic nitrogens is 2. The zero-order valence-electron chi connectivity index (χ0n) is 10.4. The first-order valence-corrected chi connectivity index (χ1v) is 7.30. The van der Waals surface area contributed by atoms with Crippen LogP contribution in [0, 0.1) is 0 Å². The van der Waals surface area contributed by atoms with Crippen LogP contribution in [0.5, 0.6) is 0 Å². The molecule has 19 heavy (non-hydrogen) atoms. The fourth-order valence-electron chi connectivity index (χ4n) is 2.38. The third kappa shape index (κ3) is 2.52. The van der Waals surface area contributed by atoms with Crippen molar-refractivity contribution in [3.05, 3.63) is 22.6 Å². The summed E-state index contributed by atoms with van der Waals surface area (Å²) in [4.78, 5) is 30.0. The summed E-state index contributed by atoms with van der Waals surface area (Å²) >= 11 is 1.54. The van der Waals surface area contributed by atoms with Crippen LogP contribution >= 0.6 is 11.8 Å². The SMILES string of the molecule is O=C(C[C@H]1CSc2nccc(=O)n21)N1CCOCC1. The van der Waals surface area contributed by atoms with E-state index in [2.05, 4.69) is 4.98 Å². The van der Waals surface area contributed by atoms with Crippen molar-refractivity contribution in [2.24, 2.45) is 0 Å². The number of thioether (sulfide) groups is 1. The quantitative estimate of drug-likeness (QED) is 0.722. The average molecular weight is 281 g/mol. The zero-order chi connectivity index (χ0) is 13.2. The first-order chi connectivity index (χ1) is 9.25. The lowest BCUT2D eigenvalue weighted by molar-refractivity contribution is -0.136. The number of amides is 1. The number of hydrogen-bond donors (Lipinski definition) is 0. The van der Waals surface area contributed by atoms with E-state index in [0.717, 1.165) is 5.75 Å². The molecule has 2 aliphatic heterocycles. The van der Waals surface area contributed by atoms with Crippen molar-refractivity contribution in [3.63, 3.8) is 0 Å². The van der Waals surface area contributed by atoms with Crippen LogP contribution in [0.25, 0.3) is 0 Å². The van der Waals surface area contributed by atoms with Crippen LogP contribution in [0.15, 0.2) is 22.2 Å². The minimum absolute atomic E-state index is 0.0726. The fraction of sp³-hybridized carbons (Fsp3) is 0.583. The predicted octanol–water partition coefficient (Wildman–Crippen LogP) is 0.139. The highest BCUT2D eigenvalue weighted by Crippen LogP contribution is 2.31. The second-order valence-electron chi connectivity index (χ2n) is 4.60. The molecule has 1 amide bonds. The molecule has 102 valence electrons. The van der Waals surface area contributed by atoms with Gasteiger partial charge in [0.25, 0.3) is 5.56 Å². The van der Waals surface area contributed by atoms with E-state index in [4.69, 9.17) is 4.74 Å². The van der Waals surface area contributed by atoms with Crippen molar-refractivity contribution in [2.45, 2.75) is 17.6 Å². The van der Waals surface area contributed by atoms with Gasteiger partial charge in [-0.15, -0.1) is 0 Å². The lowest BCUT2D eigenvalue weighted by atomic mass is 10.2. The Bertz CT molecular complexity index is 539. The molecule has 1 aromatic rings. The van der Waals surface area contributed by atoms with Gasteiger partial charge >= 0.3 is 0 Å². The Morgan fingerprint density at radius 3 is 3.05 bits per heavy atom. The van der Waals surface area contributed by atoms with Gasteiger partial charge in [0.1, 0.15) is 0 Å². The lowest BCUT2D eigenvalue weighted by Gasteiger charge is -2.28. The molecule has 2 aliphatic rings. The summed E-state index contributed by atoms with van der Waals surface area (Å²) in [7, 11) is 0. The van der Waals surface area contributed by atoms with Crippen molar-refractivity contribution >= 4 is 17.7 Å². The van der Waals surface area contributed by atoms with Crippen LogP contribution in [-0.4, -0.2) is 52.4 Å². The number of hydrogen-bond acceptors (Lipinski definition) is 5. The van der Waals surface area contributed by atoms with Crippen LogP contribution in [0.3, 0.4) is 0 Å². The van der Waals surface area contributed by atoms with E-state index in [9.17, 15) is 9.59 Å². The molecule has 0 unspecified atom stereocenters.